The van der Waals surface area contributed by atoms with Gasteiger partial charge in [0.05, 0.1) is 18.1 Å². The molecule has 0 radical (unpaired) electrons. The molecule has 1 aromatic heterocycles. The number of imidazole rings is 1. The van der Waals surface area contributed by atoms with Crippen LogP contribution >= 0.6 is 0 Å². The zero-order valence-corrected chi connectivity index (χ0v) is 13.7. The first-order valence-corrected chi connectivity index (χ1v) is 7.77. The second-order valence-corrected chi connectivity index (χ2v) is 5.49. The first kappa shape index (κ1) is 16.4. The lowest BCUT2D eigenvalue weighted by molar-refractivity contribution is 0.209. The van der Waals surface area contributed by atoms with Crippen molar-refractivity contribution in [2.75, 3.05) is 12.4 Å². The van der Waals surface area contributed by atoms with Crippen LogP contribution in [0.2, 0.25) is 0 Å². The highest BCUT2D eigenvalue weighted by molar-refractivity contribution is 5.94. The maximum absolute atomic E-state index is 11.0. The second-order valence-electron chi connectivity index (χ2n) is 5.49. The zero-order chi connectivity index (χ0) is 17.6. The summed E-state index contributed by atoms with van der Waals surface area (Å²) >= 11 is 0. The number of rotatable bonds is 5. The maximum Gasteiger partial charge on any atom is 0.409 e. The monoisotopic (exact) mass is 334 g/mol. The minimum absolute atomic E-state index is 0.0633. The van der Waals surface area contributed by atoms with Gasteiger partial charge in [-0.05, 0) is 23.3 Å². The molecule has 3 aromatic rings. The fraction of sp³-hybridized carbons (Fsp3) is 0.105. The number of hydrogen-bond donors (Lipinski definition) is 2. The number of benzene rings is 2. The highest BCUT2D eigenvalue weighted by atomic mass is 16.4. The Morgan fingerprint density at radius 3 is 2.68 bits per heavy atom. The first-order valence-electron chi connectivity index (χ1n) is 7.77. The molecule has 25 heavy (non-hydrogen) atoms. The van der Waals surface area contributed by atoms with Crippen LogP contribution in [-0.4, -0.2) is 34.0 Å². The number of amides is 1. The molecule has 1 atom stereocenters. The van der Waals surface area contributed by atoms with Gasteiger partial charge in [0.2, 0.25) is 0 Å². The number of nitrogens with zero attached hydrogens (tertiary/aromatic N) is 3. The minimum atomic E-state index is -1.10. The smallest absolute Gasteiger partial charge is 0.409 e. The average molecular weight is 334 g/mol. The molecule has 1 unspecified atom stereocenters. The average Bonchev–Trinajstić information content (AvgIpc) is 3.12. The van der Waals surface area contributed by atoms with Crippen molar-refractivity contribution in [1.29, 1.82) is 0 Å². The van der Waals surface area contributed by atoms with Crippen LogP contribution in [0.3, 0.4) is 0 Å². The van der Waals surface area contributed by atoms with Gasteiger partial charge in [0.15, 0.2) is 0 Å². The van der Waals surface area contributed by atoms with Gasteiger partial charge in [0, 0.05) is 31.2 Å². The molecule has 0 bridgehead atoms. The number of carboxylic acid groups (broad SMARTS) is 1. The highest BCUT2D eigenvalue weighted by Gasteiger charge is 2.17. The topological polar surface area (TPSA) is 79.5 Å². The molecule has 6 nitrogen and oxygen atoms in total. The third-order valence-electron chi connectivity index (χ3n) is 3.84. The Kier molecular flexibility index (Phi) is 4.89. The van der Waals surface area contributed by atoms with E-state index in [1.54, 1.807) is 31.9 Å². The van der Waals surface area contributed by atoms with E-state index in [9.17, 15) is 4.79 Å². The third-order valence-corrected chi connectivity index (χ3v) is 3.84. The fourth-order valence-corrected chi connectivity index (χ4v) is 2.82. The van der Waals surface area contributed by atoms with E-state index in [-0.39, 0.29) is 6.04 Å². The molecule has 0 aliphatic rings. The molecule has 2 N–H and O–H groups in total. The van der Waals surface area contributed by atoms with Gasteiger partial charge in [-0.1, -0.05) is 36.4 Å². The number of hydrogen-bond acceptors (Lipinski definition) is 3. The fourth-order valence-electron chi connectivity index (χ4n) is 2.82. The van der Waals surface area contributed by atoms with Crippen LogP contribution in [0, 0.1) is 0 Å². The molecule has 126 valence electrons. The van der Waals surface area contributed by atoms with Crippen molar-refractivity contribution >= 4 is 18.0 Å². The van der Waals surface area contributed by atoms with Crippen molar-refractivity contribution in [2.45, 2.75) is 6.04 Å². The molecule has 0 aliphatic heterocycles. The molecular formula is C19H18N4O2. The van der Waals surface area contributed by atoms with E-state index < -0.39 is 6.09 Å². The van der Waals surface area contributed by atoms with E-state index in [0.29, 0.717) is 11.3 Å². The Bertz CT molecular complexity index is 874. The van der Waals surface area contributed by atoms with Crippen LogP contribution in [0.25, 0.3) is 0 Å². The molecule has 6 heteroatoms. The summed E-state index contributed by atoms with van der Waals surface area (Å²) in [5.74, 6) is 0. The summed E-state index contributed by atoms with van der Waals surface area (Å²) in [7, 11) is 1.65. The van der Waals surface area contributed by atoms with Crippen LogP contribution in [0.5, 0.6) is 0 Å². The van der Waals surface area contributed by atoms with E-state index in [4.69, 9.17) is 5.11 Å². The van der Waals surface area contributed by atoms with Crippen molar-refractivity contribution < 1.29 is 9.90 Å². The van der Waals surface area contributed by atoms with Gasteiger partial charge in [-0.3, -0.25) is 10.3 Å². The number of aliphatic imine (C=N–C) groups is 1. The van der Waals surface area contributed by atoms with Gasteiger partial charge in [0.1, 0.15) is 0 Å². The molecule has 1 amide bonds. The molecule has 0 aliphatic carbocycles. The summed E-state index contributed by atoms with van der Waals surface area (Å²) in [6.45, 7) is 0. The van der Waals surface area contributed by atoms with Gasteiger partial charge in [0.25, 0.3) is 0 Å². The molecule has 3 rings (SSSR count). The van der Waals surface area contributed by atoms with Crippen LogP contribution in [0.4, 0.5) is 10.5 Å². The van der Waals surface area contributed by atoms with E-state index >= 15 is 0 Å². The van der Waals surface area contributed by atoms with Gasteiger partial charge < -0.3 is 9.67 Å². The van der Waals surface area contributed by atoms with Crippen LogP contribution in [0.1, 0.15) is 22.7 Å². The van der Waals surface area contributed by atoms with Gasteiger partial charge in [-0.25, -0.2) is 9.78 Å². The van der Waals surface area contributed by atoms with Crippen LogP contribution < -0.4 is 5.32 Å². The molecular weight excluding hydrogens is 316 g/mol. The second kappa shape index (κ2) is 7.44. The SMILES string of the molecule is CN=Cc1cc(C(c2ccccc2)n2ccnc2)ccc1NC(=O)O. The Balaban J connectivity index is 2.10. The van der Waals surface area contributed by atoms with E-state index in [1.165, 1.54) is 0 Å². The molecule has 1 heterocycles. The third kappa shape index (κ3) is 3.74. The Labute approximate surface area is 145 Å². The van der Waals surface area contributed by atoms with Crippen molar-refractivity contribution in [1.82, 2.24) is 9.55 Å². The highest BCUT2D eigenvalue weighted by Crippen LogP contribution is 2.29. The summed E-state index contributed by atoms with van der Waals surface area (Å²) in [6.07, 6.45) is 5.96. The zero-order valence-electron chi connectivity index (χ0n) is 13.7. The predicted molar refractivity (Wildman–Crippen MR) is 97.5 cm³/mol. The lowest BCUT2D eigenvalue weighted by Crippen LogP contribution is -2.13. The van der Waals surface area contributed by atoms with Crippen LogP contribution in [-0.2, 0) is 0 Å². The first-order chi connectivity index (χ1) is 12.2. The normalized spacial score (nSPS) is 12.2. The van der Waals surface area contributed by atoms with Gasteiger partial charge in [-0.2, -0.15) is 0 Å². The van der Waals surface area contributed by atoms with E-state index in [2.05, 4.69) is 27.4 Å². The summed E-state index contributed by atoms with van der Waals surface area (Å²) in [6, 6.07) is 15.6. The number of nitrogens with one attached hydrogen (secondary N) is 1. The molecule has 0 spiro atoms. The van der Waals surface area contributed by atoms with E-state index in [1.807, 2.05) is 41.1 Å². The molecule has 0 saturated carbocycles. The van der Waals surface area contributed by atoms with Crippen molar-refractivity contribution in [3.8, 4) is 0 Å². The van der Waals surface area contributed by atoms with Crippen molar-refractivity contribution in [3.63, 3.8) is 0 Å². The van der Waals surface area contributed by atoms with Gasteiger partial charge >= 0.3 is 6.09 Å². The van der Waals surface area contributed by atoms with Gasteiger partial charge in [-0.15, -0.1) is 0 Å². The Morgan fingerprint density at radius 2 is 2.04 bits per heavy atom. The van der Waals surface area contributed by atoms with Crippen molar-refractivity contribution in [3.05, 3.63) is 83.9 Å². The molecule has 2 aromatic carbocycles. The summed E-state index contributed by atoms with van der Waals surface area (Å²) in [5, 5.41) is 11.4. The van der Waals surface area contributed by atoms with Crippen molar-refractivity contribution in [2.24, 2.45) is 4.99 Å². The minimum Gasteiger partial charge on any atom is -0.465 e. The quantitative estimate of drug-likeness (QED) is 0.699. The number of aromatic nitrogens is 2. The summed E-state index contributed by atoms with van der Waals surface area (Å²) in [5.41, 5.74) is 3.33. The number of carbonyl (C=O) groups is 1. The van der Waals surface area contributed by atoms with Crippen LogP contribution in [0.15, 0.2) is 72.2 Å². The predicted octanol–water partition coefficient (Wildman–Crippen LogP) is 3.66. The number of anilines is 1. The van der Waals surface area contributed by atoms with E-state index in [0.717, 1.165) is 11.1 Å². The Morgan fingerprint density at radius 1 is 1.24 bits per heavy atom. The summed E-state index contributed by atoms with van der Waals surface area (Å²) < 4.78 is 2.02. The molecule has 0 saturated heterocycles. The lowest BCUT2D eigenvalue weighted by Gasteiger charge is -2.21. The Hall–Kier alpha value is -3.41. The lowest BCUT2D eigenvalue weighted by atomic mass is 9.96. The standard InChI is InChI=1S/C19H18N4O2/c1-20-12-16-11-15(7-8-17(16)22-19(24)25)18(23-10-9-21-13-23)14-5-3-2-4-6-14/h2-13,18,22H,1H3,(H,24,25). The molecule has 0 fully saturated rings. The summed E-state index contributed by atoms with van der Waals surface area (Å²) in [4.78, 5) is 19.2. The largest absolute Gasteiger partial charge is 0.465 e. The maximum atomic E-state index is 11.0.